The molecule has 1 aliphatic rings. The summed E-state index contributed by atoms with van der Waals surface area (Å²) in [5.74, 6) is 0. The van der Waals surface area contributed by atoms with Crippen molar-refractivity contribution in [3.8, 4) is 0 Å². The van der Waals surface area contributed by atoms with Crippen LogP contribution >= 0.6 is 22.6 Å². The zero-order valence-corrected chi connectivity index (χ0v) is 14.2. The summed E-state index contributed by atoms with van der Waals surface area (Å²) in [6.45, 7) is 3.29. The molecule has 0 radical (unpaired) electrons. The second-order valence-electron chi connectivity index (χ2n) is 5.17. The van der Waals surface area contributed by atoms with E-state index in [1.807, 2.05) is 19.2 Å². The van der Waals surface area contributed by atoms with Gasteiger partial charge in [0.15, 0.2) is 0 Å². The number of nitrogens with zero attached hydrogens (tertiary/aromatic N) is 1. The van der Waals surface area contributed by atoms with Crippen molar-refractivity contribution >= 4 is 32.6 Å². The van der Waals surface area contributed by atoms with Gasteiger partial charge in [-0.1, -0.05) is 0 Å². The zero-order valence-electron chi connectivity index (χ0n) is 11.2. The molecule has 1 aromatic rings. The molecule has 1 fully saturated rings. The maximum absolute atomic E-state index is 12.5. The molecule has 0 aromatic heterocycles. The van der Waals surface area contributed by atoms with Gasteiger partial charge in [-0.3, -0.25) is 0 Å². The third kappa shape index (κ3) is 3.29. The molecule has 1 aliphatic heterocycles. The molecule has 19 heavy (non-hydrogen) atoms. The molecule has 1 N–H and O–H groups in total. The average molecular weight is 394 g/mol. The molecular weight excluding hydrogens is 375 g/mol. The van der Waals surface area contributed by atoms with Gasteiger partial charge in [0.05, 0.1) is 4.90 Å². The van der Waals surface area contributed by atoms with Gasteiger partial charge in [0.25, 0.3) is 0 Å². The summed E-state index contributed by atoms with van der Waals surface area (Å²) in [6.07, 6.45) is 1.68. The van der Waals surface area contributed by atoms with Crippen LogP contribution in [0.25, 0.3) is 0 Å². The summed E-state index contributed by atoms with van der Waals surface area (Å²) in [5, 5.41) is 3.28. The predicted molar refractivity (Wildman–Crippen MR) is 84.6 cm³/mol. The third-order valence-corrected chi connectivity index (χ3v) is 6.51. The minimum atomic E-state index is -3.33. The third-order valence-electron chi connectivity index (χ3n) is 3.88. The molecule has 0 atom stereocenters. The largest absolute Gasteiger partial charge is 0.314 e. The highest BCUT2D eigenvalue weighted by Gasteiger charge is 2.34. The van der Waals surface area contributed by atoms with E-state index < -0.39 is 10.0 Å². The van der Waals surface area contributed by atoms with E-state index in [1.54, 1.807) is 16.4 Å². The summed E-state index contributed by atoms with van der Waals surface area (Å²) < 4.78 is 27.6. The Morgan fingerprint density at radius 3 is 2.21 bits per heavy atom. The molecule has 1 saturated heterocycles. The minimum absolute atomic E-state index is 0.0537. The molecule has 0 unspecified atom stereocenters. The van der Waals surface area contributed by atoms with Crippen molar-refractivity contribution in [3.05, 3.63) is 27.8 Å². The Kier molecular flexibility index (Phi) is 4.54. The van der Waals surface area contributed by atoms with Crippen molar-refractivity contribution in [2.45, 2.75) is 30.2 Å². The monoisotopic (exact) mass is 394 g/mol. The molecule has 0 saturated carbocycles. The lowest BCUT2D eigenvalue weighted by Crippen LogP contribution is -2.51. The SMILES string of the molecule is CNC1(C)CCN(S(=O)(=O)c2ccc(I)cc2)CC1. The Balaban J connectivity index is 2.16. The van der Waals surface area contributed by atoms with E-state index in [-0.39, 0.29) is 5.54 Å². The number of rotatable bonds is 3. The molecule has 0 bridgehead atoms. The first-order chi connectivity index (χ1) is 8.87. The van der Waals surface area contributed by atoms with Gasteiger partial charge >= 0.3 is 0 Å². The lowest BCUT2D eigenvalue weighted by atomic mass is 9.91. The van der Waals surface area contributed by atoms with Crippen molar-refractivity contribution in [1.82, 2.24) is 9.62 Å². The van der Waals surface area contributed by atoms with E-state index in [0.29, 0.717) is 18.0 Å². The van der Waals surface area contributed by atoms with Gasteiger partial charge in [-0.2, -0.15) is 4.31 Å². The van der Waals surface area contributed by atoms with Crippen molar-refractivity contribution in [1.29, 1.82) is 0 Å². The van der Waals surface area contributed by atoms with E-state index in [0.717, 1.165) is 16.4 Å². The van der Waals surface area contributed by atoms with Gasteiger partial charge < -0.3 is 5.32 Å². The topological polar surface area (TPSA) is 49.4 Å². The van der Waals surface area contributed by atoms with Crippen LogP contribution in [-0.2, 0) is 10.0 Å². The van der Waals surface area contributed by atoms with Crippen LogP contribution in [0.3, 0.4) is 0 Å². The Bertz CT molecular complexity index is 534. The summed E-state index contributed by atoms with van der Waals surface area (Å²) in [4.78, 5) is 0.390. The maximum Gasteiger partial charge on any atom is 0.243 e. The van der Waals surface area contributed by atoms with Gasteiger partial charge in [0, 0.05) is 22.2 Å². The van der Waals surface area contributed by atoms with Crippen LogP contribution in [0.2, 0.25) is 0 Å². The van der Waals surface area contributed by atoms with Crippen molar-refractivity contribution < 1.29 is 8.42 Å². The first kappa shape index (κ1) is 15.2. The summed E-state index contributed by atoms with van der Waals surface area (Å²) >= 11 is 2.17. The number of halogens is 1. The number of sulfonamides is 1. The second kappa shape index (κ2) is 5.67. The second-order valence-corrected chi connectivity index (χ2v) is 8.35. The van der Waals surface area contributed by atoms with Crippen LogP contribution in [0, 0.1) is 3.57 Å². The fourth-order valence-electron chi connectivity index (χ4n) is 2.23. The highest BCUT2D eigenvalue weighted by Crippen LogP contribution is 2.26. The number of piperidine rings is 1. The van der Waals surface area contributed by atoms with Crippen molar-refractivity contribution in [2.75, 3.05) is 20.1 Å². The molecule has 1 aromatic carbocycles. The van der Waals surface area contributed by atoms with Crippen LogP contribution in [0.1, 0.15) is 19.8 Å². The number of nitrogens with one attached hydrogen (secondary N) is 1. The number of hydrogen-bond acceptors (Lipinski definition) is 3. The van der Waals surface area contributed by atoms with E-state index in [4.69, 9.17) is 0 Å². The van der Waals surface area contributed by atoms with Gasteiger partial charge in [0.2, 0.25) is 10.0 Å². The quantitative estimate of drug-likeness (QED) is 0.799. The van der Waals surface area contributed by atoms with E-state index in [9.17, 15) is 8.42 Å². The lowest BCUT2D eigenvalue weighted by molar-refractivity contribution is 0.219. The van der Waals surface area contributed by atoms with Crippen LogP contribution in [0.4, 0.5) is 0 Å². The van der Waals surface area contributed by atoms with E-state index in [2.05, 4.69) is 34.8 Å². The molecule has 0 amide bonds. The predicted octanol–water partition coefficient (Wildman–Crippen LogP) is 2.05. The fraction of sp³-hybridized carbons (Fsp3) is 0.538. The van der Waals surface area contributed by atoms with Crippen molar-refractivity contribution in [2.24, 2.45) is 0 Å². The Morgan fingerprint density at radius 2 is 1.74 bits per heavy atom. The molecular formula is C13H19IN2O2S. The molecule has 0 aliphatic carbocycles. The zero-order chi connectivity index (χ0) is 14.1. The Hall–Kier alpha value is -0.180. The molecule has 6 heteroatoms. The Labute approximate surface area is 128 Å². The van der Waals surface area contributed by atoms with Crippen LogP contribution in [0.15, 0.2) is 29.2 Å². The number of benzene rings is 1. The maximum atomic E-state index is 12.5. The van der Waals surface area contributed by atoms with Gasteiger partial charge in [-0.25, -0.2) is 8.42 Å². The number of hydrogen-bond donors (Lipinski definition) is 1. The molecule has 2 rings (SSSR count). The smallest absolute Gasteiger partial charge is 0.243 e. The Morgan fingerprint density at radius 1 is 1.21 bits per heavy atom. The first-order valence-corrected chi connectivity index (χ1v) is 8.84. The van der Waals surface area contributed by atoms with Gasteiger partial charge in [0.1, 0.15) is 0 Å². The van der Waals surface area contributed by atoms with E-state index >= 15 is 0 Å². The summed E-state index contributed by atoms with van der Waals surface area (Å²) in [7, 11) is -1.40. The highest BCUT2D eigenvalue weighted by atomic mass is 127. The summed E-state index contributed by atoms with van der Waals surface area (Å²) in [5.41, 5.74) is 0.0537. The fourth-order valence-corrected chi connectivity index (χ4v) is 4.03. The average Bonchev–Trinajstić information content (AvgIpc) is 2.40. The molecule has 106 valence electrons. The van der Waals surface area contributed by atoms with Crippen molar-refractivity contribution in [3.63, 3.8) is 0 Å². The van der Waals surface area contributed by atoms with Gasteiger partial charge in [-0.15, -0.1) is 0 Å². The molecule has 0 spiro atoms. The molecule has 4 nitrogen and oxygen atoms in total. The summed E-state index contributed by atoms with van der Waals surface area (Å²) in [6, 6.07) is 7.02. The van der Waals surface area contributed by atoms with Crippen LogP contribution < -0.4 is 5.32 Å². The standard InChI is InChI=1S/C13H19IN2O2S/c1-13(15-2)7-9-16(10-8-13)19(17,18)12-5-3-11(14)4-6-12/h3-6,15H,7-10H2,1-2H3. The van der Waals surface area contributed by atoms with Crippen LogP contribution in [-0.4, -0.2) is 38.4 Å². The van der Waals surface area contributed by atoms with Crippen LogP contribution in [0.5, 0.6) is 0 Å². The van der Waals surface area contributed by atoms with E-state index in [1.165, 1.54) is 0 Å². The minimum Gasteiger partial charge on any atom is -0.314 e. The lowest BCUT2D eigenvalue weighted by Gasteiger charge is -2.38. The molecule has 1 heterocycles. The van der Waals surface area contributed by atoms with Gasteiger partial charge in [-0.05, 0) is 73.7 Å². The normalized spacial score (nSPS) is 20.4. The highest BCUT2D eigenvalue weighted by molar-refractivity contribution is 14.1. The first-order valence-electron chi connectivity index (χ1n) is 6.32.